The van der Waals surface area contributed by atoms with E-state index in [-0.39, 0.29) is 11.9 Å². The number of aromatic nitrogens is 1. The molecule has 1 N–H and O–H groups in total. The van der Waals surface area contributed by atoms with Crippen molar-refractivity contribution in [2.24, 2.45) is 0 Å². The minimum absolute atomic E-state index is 0.0958. The summed E-state index contributed by atoms with van der Waals surface area (Å²) in [4.78, 5) is 4.01. The molecule has 18 heavy (non-hydrogen) atoms. The highest BCUT2D eigenvalue weighted by atomic mass is 35.5. The van der Waals surface area contributed by atoms with Crippen molar-refractivity contribution in [2.45, 2.75) is 13.0 Å². The number of nitrogens with zero attached hydrogens (tertiary/aromatic N) is 1. The predicted octanol–water partition coefficient (Wildman–Crippen LogP) is 4.70. The van der Waals surface area contributed by atoms with E-state index in [4.69, 9.17) is 23.2 Å². The number of hydrogen-bond acceptors (Lipinski definition) is 2. The second-order valence-corrected chi connectivity index (χ2v) is 4.74. The molecule has 2 aromatic rings. The van der Waals surface area contributed by atoms with E-state index >= 15 is 0 Å². The van der Waals surface area contributed by atoms with E-state index in [1.165, 1.54) is 12.3 Å². The average molecular weight is 285 g/mol. The molecule has 0 spiro atoms. The molecule has 0 amide bonds. The van der Waals surface area contributed by atoms with E-state index in [9.17, 15) is 4.39 Å². The Morgan fingerprint density at radius 3 is 2.67 bits per heavy atom. The number of halogens is 3. The standard InChI is InChI=1S/C13H11Cl2FN2/c1-8(12-5-3-10(16)7-17-12)18-13-6-9(14)2-4-11(13)15/h2-8,18H,1H3. The number of hydrogen-bond donors (Lipinski definition) is 1. The van der Waals surface area contributed by atoms with Crippen molar-refractivity contribution >= 4 is 28.9 Å². The first kappa shape index (κ1) is 13.1. The van der Waals surface area contributed by atoms with Crippen LogP contribution in [0.3, 0.4) is 0 Å². The molecule has 0 saturated heterocycles. The third kappa shape index (κ3) is 3.12. The lowest BCUT2D eigenvalue weighted by atomic mass is 10.2. The van der Waals surface area contributed by atoms with Crippen molar-refractivity contribution in [3.05, 3.63) is 58.1 Å². The van der Waals surface area contributed by atoms with Crippen molar-refractivity contribution in [3.8, 4) is 0 Å². The molecule has 0 radical (unpaired) electrons. The highest BCUT2D eigenvalue weighted by Crippen LogP contribution is 2.28. The largest absolute Gasteiger partial charge is 0.376 e. The fourth-order valence-corrected chi connectivity index (χ4v) is 1.90. The van der Waals surface area contributed by atoms with E-state index < -0.39 is 0 Å². The molecule has 1 aromatic heterocycles. The van der Waals surface area contributed by atoms with Gasteiger partial charge in [-0.2, -0.15) is 0 Å². The molecule has 0 saturated carbocycles. The number of pyridine rings is 1. The molecule has 0 aliphatic carbocycles. The van der Waals surface area contributed by atoms with E-state index in [2.05, 4.69) is 10.3 Å². The van der Waals surface area contributed by atoms with Crippen LogP contribution in [-0.2, 0) is 0 Å². The zero-order valence-electron chi connectivity index (χ0n) is 9.62. The van der Waals surface area contributed by atoms with Crippen LogP contribution in [0.25, 0.3) is 0 Å². The third-order valence-electron chi connectivity index (χ3n) is 2.49. The molecular weight excluding hydrogens is 274 g/mol. The summed E-state index contributed by atoms with van der Waals surface area (Å²) in [6.07, 6.45) is 1.19. The Morgan fingerprint density at radius 2 is 2.00 bits per heavy atom. The van der Waals surface area contributed by atoms with Gasteiger partial charge in [-0.15, -0.1) is 0 Å². The highest BCUT2D eigenvalue weighted by Gasteiger charge is 2.09. The monoisotopic (exact) mass is 284 g/mol. The van der Waals surface area contributed by atoms with Gasteiger partial charge in [-0.25, -0.2) is 4.39 Å². The Labute approximate surface area is 115 Å². The summed E-state index contributed by atoms with van der Waals surface area (Å²) in [5.74, 6) is -0.355. The lowest BCUT2D eigenvalue weighted by Gasteiger charge is -2.16. The van der Waals surface area contributed by atoms with Crippen molar-refractivity contribution in [3.63, 3.8) is 0 Å². The predicted molar refractivity (Wildman–Crippen MR) is 72.7 cm³/mol. The van der Waals surface area contributed by atoms with Gasteiger partial charge in [0.15, 0.2) is 0 Å². The van der Waals surface area contributed by atoms with Crippen LogP contribution in [0.4, 0.5) is 10.1 Å². The van der Waals surface area contributed by atoms with Gasteiger partial charge in [0, 0.05) is 5.02 Å². The molecule has 2 nitrogen and oxygen atoms in total. The van der Waals surface area contributed by atoms with Gasteiger partial charge >= 0.3 is 0 Å². The van der Waals surface area contributed by atoms with Crippen LogP contribution in [0.2, 0.25) is 10.0 Å². The molecule has 94 valence electrons. The average Bonchev–Trinajstić information content (AvgIpc) is 2.34. The van der Waals surface area contributed by atoms with Gasteiger partial charge in [-0.3, -0.25) is 4.98 Å². The molecule has 1 atom stereocenters. The zero-order valence-corrected chi connectivity index (χ0v) is 11.1. The number of nitrogens with one attached hydrogen (secondary N) is 1. The Balaban J connectivity index is 2.18. The van der Waals surface area contributed by atoms with Crippen molar-refractivity contribution in [1.82, 2.24) is 4.98 Å². The molecule has 2 rings (SSSR count). The van der Waals surface area contributed by atoms with Crippen molar-refractivity contribution in [2.75, 3.05) is 5.32 Å². The van der Waals surface area contributed by atoms with Crippen LogP contribution in [0.15, 0.2) is 36.5 Å². The van der Waals surface area contributed by atoms with Crippen LogP contribution in [0, 0.1) is 5.82 Å². The summed E-state index contributed by atoms with van der Waals surface area (Å²) in [5.41, 5.74) is 1.45. The highest BCUT2D eigenvalue weighted by molar-refractivity contribution is 6.35. The lowest BCUT2D eigenvalue weighted by Crippen LogP contribution is -2.08. The molecular formula is C13H11Cl2FN2. The molecule has 5 heteroatoms. The van der Waals surface area contributed by atoms with Gasteiger partial charge in [-0.1, -0.05) is 23.2 Å². The van der Waals surface area contributed by atoms with E-state index in [1.807, 2.05) is 6.92 Å². The summed E-state index contributed by atoms with van der Waals surface area (Å²) in [5, 5.41) is 4.36. The first-order chi connectivity index (χ1) is 8.56. The number of rotatable bonds is 3. The maximum atomic E-state index is 12.8. The Bertz CT molecular complexity index is 543. The number of anilines is 1. The van der Waals surface area contributed by atoms with Crippen LogP contribution in [0.5, 0.6) is 0 Å². The van der Waals surface area contributed by atoms with Crippen LogP contribution in [-0.4, -0.2) is 4.98 Å². The quantitative estimate of drug-likeness (QED) is 0.884. The maximum absolute atomic E-state index is 12.8. The molecule has 0 aliphatic heterocycles. The second kappa shape index (κ2) is 5.55. The van der Waals surface area contributed by atoms with E-state index in [0.717, 1.165) is 11.4 Å². The van der Waals surface area contributed by atoms with Gasteiger partial charge < -0.3 is 5.32 Å². The minimum Gasteiger partial charge on any atom is -0.376 e. The fourth-order valence-electron chi connectivity index (χ4n) is 1.56. The Kier molecular flexibility index (Phi) is 4.04. The number of benzene rings is 1. The molecule has 0 fully saturated rings. The van der Waals surface area contributed by atoms with Gasteiger partial charge in [0.1, 0.15) is 5.82 Å². The summed E-state index contributed by atoms with van der Waals surface area (Å²) >= 11 is 12.0. The molecule has 0 aliphatic rings. The van der Waals surface area contributed by atoms with Crippen LogP contribution in [0.1, 0.15) is 18.7 Å². The van der Waals surface area contributed by atoms with Crippen molar-refractivity contribution in [1.29, 1.82) is 0 Å². The topological polar surface area (TPSA) is 24.9 Å². The SMILES string of the molecule is CC(Nc1cc(Cl)ccc1Cl)c1ccc(F)cn1. The minimum atomic E-state index is -0.355. The summed E-state index contributed by atoms with van der Waals surface area (Å²) in [7, 11) is 0. The third-order valence-corrected chi connectivity index (χ3v) is 3.06. The smallest absolute Gasteiger partial charge is 0.141 e. The fraction of sp³-hybridized carbons (Fsp3) is 0.154. The van der Waals surface area contributed by atoms with Crippen molar-refractivity contribution < 1.29 is 4.39 Å². The van der Waals surface area contributed by atoms with E-state index in [1.54, 1.807) is 24.3 Å². The normalized spacial score (nSPS) is 12.2. The van der Waals surface area contributed by atoms with E-state index in [0.29, 0.717) is 10.0 Å². The Morgan fingerprint density at radius 1 is 1.22 bits per heavy atom. The van der Waals surface area contributed by atoms with Gasteiger partial charge in [0.05, 0.1) is 28.6 Å². The molecule has 1 aromatic carbocycles. The Hall–Kier alpha value is -1.32. The van der Waals surface area contributed by atoms with Gasteiger partial charge in [-0.05, 0) is 37.3 Å². The summed E-state index contributed by atoms with van der Waals surface area (Å²) < 4.78 is 12.8. The molecule has 1 heterocycles. The summed E-state index contributed by atoms with van der Waals surface area (Å²) in [6, 6.07) is 8.09. The van der Waals surface area contributed by atoms with Crippen LogP contribution < -0.4 is 5.32 Å². The zero-order chi connectivity index (χ0) is 13.1. The lowest BCUT2D eigenvalue weighted by molar-refractivity contribution is 0.617. The molecule has 0 bridgehead atoms. The van der Waals surface area contributed by atoms with Gasteiger partial charge in [0.2, 0.25) is 0 Å². The maximum Gasteiger partial charge on any atom is 0.141 e. The van der Waals surface area contributed by atoms with Crippen LogP contribution >= 0.6 is 23.2 Å². The second-order valence-electron chi connectivity index (χ2n) is 3.89. The first-order valence-corrected chi connectivity index (χ1v) is 6.15. The first-order valence-electron chi connectivity index (χ1n) is 5.39. The van der Waals surface area contributed by atoms with Gasteiger partial charge in [0.25, 0.3) is 0 Å². The molecule has 1 unspecified atom stereocenters. The summed E-state index contributed by atoms with van der Waals surface area (Å²) in [6.45, 7) is 1.91.